The molecule has 0 radical (unpaired) electrons. The van der Waals surface area contributed by atoms with E-state index in [1.54, 1.807) is 20.3 Å². The molecule has 0 bridgehead atoms. The number of benzene rings is 2. The number of ether oxygens (including phenoxy) is 2. The summed E-state index contributed by atoms with van der Waals surface area (Å²) < 4.78 is 16.8. The van der Waals surface area contributed by atoms with Crippen LogP contribution in [0.1, 0.15) is 79.1 Å². The van der Waals surface area contributed by atoms with Crippen LogP contribution in [-0.4, -0.2) is 20.1 Å². The van der Waals surface area contributed by atoms with E-state index in [1.165, 1.54) is 5.56 Å². The van der Waals surface area contributed by atoms with E-state index in [-0.39, 0.29) is 17.4 Å². The van der Waals surface area contributed by atoms with E-state index in [1.807, 2.05) is 36.4 Å². The van der Waals surface area contributed by atoms with Crippen molar-refractivity contribution >= 4 is 5.91 Å². The molecular formula is C29H35NO4. The molecule has 0 spiro atoms. The van der Waals surface area contributed by atoms with Gasteiger partial charge in [-0.1, -0.05) is 45.0 Å². The lowest BCUT2D eigenvalue weighted by atomic mass is 9.81. The van der Waals surface area contributed by atoms with E-state index in [2.05, 4.69) is 38.2 Å². The smallest absolute Gasteiger partial charge is 0.287 e. The van der Waals surface area contributed by atoms with Crippen LogP contribution < -0.4 is 14.8 Å². The molecule has 0 saturated heterocycles. The van der Waals surface area contributed by atoms with Crippen molar-refractivity contribution in [3.05, 3.63) is 82.8 Å². The lowest BCUT2D eigenvalue weighted by Crippen LogP contribution is -2.29. The number of amides is 1. The maximum absolute atomic E-state index is 13.0. The summed E-state index contributed by atoms with van der Waals surface area (Å²) >= 11 is 0. The number of carbonyl (C=O) groups excluding carboxylic acids is 1. The van der Waals surface area contributed by atoms with Crippen molar-refractivity contribution in [3.8, 4) is 11.5 Å². The van der Waals surface area contributed by atoms with Crippen molar-refractivity contribution in [2.75, 3.05) is 14.2 Å². The van der Waals surface area contributed by atoms with Crippen molar-refractivity contribution in [1.29, 1.82) is 0 Å². The van der Waals surface area contributed by atoms with Crippen LogP contribution >= 0.6 is 0 Å². The Labute approximate surface area is 202 Å². The number of methoxy groups -OCH3 is 2. The summed E-state index contributed by atoms with van der Waals surface area (Å²) in [5.74, 6) is 2.97. The van der Waals surface area contributed by atoms with Gasteiger partial charge in [-0.25, -0.2) is 0 Å². The highest BCUT2D eigenvalue weighted by Gasteiger charge is 2.34. The fraction of sp³-hybridized carbons (Fsp3) is 0.414. The van der Waals surface area contributed by atoms with E-state index < -0.39 is 0 Å². The quantitative estimate of drug-likeness (QED) is 0.377. The molecule has 3 aromatic rings. The van der Waals surface area contributed by atoms with Gasteiger partial charge in [0.1, 0.15) is 17.3 Å². The van der Waals surface area contributed by atoms with E-state index in [0.717, 1.165) is 47.6 Å². The molecule has 2 aromatic carbocycles. The molecular weight excluding hydrogens is 426 g/mol. The molecule has 1 unspecified atom stereocenters. The van der Waals surface area contributed by atoms with Gasteiger partial charge in [-0.15, -0.1) is 0 Å². The van der Waals surface area contributed by atoms with Gasteiger partial charge in [0.25, 0.3) is 5.91 Å². The number of rotatable bonds is 10. The maximum Gasteiger partial charge on any atom is 0.287 e. The summed E-state index contributed by atoms with van der Waals surface area (Å²) in [7, 11) is 3.34. The Balaban J connectivity index is 1.49. The van der Waals surface area contributed by atoms with Gasteiger partial charge in [-0.3, -0.25) is 4.79 Å². The molecule has 4 rings (SSSR count). The highest BCUT2D eigenvalue weighted by molar-refractivity contribution is 5.91. The Morgan fingerprint density at radius 3 is 2.41 bits per heavy atom. The lowest BCUT2D eigenvalue weighted by molar-refractivity contribution is 0.0902. The lowest BCUT2D eigenvalue weighted by Gasteiger charge is -2.24. The Morgan fingerprint density at radius 1 is 1.06 bits per heavy atom. The fourth-order valence-corrected chi connectivity index (χ4v) is 4.25. The van der Waals surface area contributed by atoms with Gasteiger partial charge in [-0.2, -0.15) is 0 Å². The normalized spacial score (nSPS) is 14.5. The van der Waals surface area contributed by atoms with Crippen molar-refractivity contribution in [2.24, 2.45) is 5.92 Å². The monoisotopic (exact) mass is 461 g/mol. The molecule has 1 aromatic heterocycles. The van der Waals surface area contributed by atoms with Gasteiger partial charge in [-0.05, 0) is 72.1 Å². The van der Waals surface area contributed by atoms with E-state index in [9.17, 15) is 4.79 Å². The van der Waals surface area contributed by atoms with Gasteiger partial charge < -0.3 is 19.2 Å². The van der Waals surface area contributed by atoms with Crippen LogP contribution in [0.2, 0.25) is 0 Å². The van der Waals surface area contributed by atoms with Crippen molar-refractivity contribution in [3.63, 3.8) is 0 Å². The van der Waals surface area contributed by atoms with Gasteiger partial charge in [0.05, 0.1) is 20.3 Å². The Kier molecular flexibility index (Phi) is 7.01. The molecule has 1 saturated carbocycles. The number of furan rings is 1. The molecule has 1 amide bonds. The van der Waals surface area contributed by atoms with Crippen LogP contribution in [0.3, 0.4) is 0 Å². The number of carbonyl (C=O) groups is 1. The number of hydrogen-bond acceptors (Lipinski definition) is 4. The minimum Gasteiger partial charge on any atom is -0.497 e. The van der Waals surface area contributed by atoms with E-state index >= 15 is 0 Å². The van der Waals surface area contributed by atoms with Crippen molar-refractivity contribution < 1.29 is 18.7 Å². The average Bonchev–Trinajstić information content (AvgIpc) is 3.59. The molecule has 1 aliphatic carbocycles. The first-order chi connectivity index (χ1) is 16.3. The zero-order valence-corrected chi connectivity index (χ0v) is 20.8. The number of hydrogen-bond donors (Lipinski definition) is 1. The molecule has 1 fully saturated rings. The SMILES string of the molecule is CCC(C)(C)c1ccc(OC)c(Cc2ccc(C(=O)NC(c3ccc(OC)cc3)C3CC3)o2)c1. The van der Waals surface area contributed by atoms with Crippen LogP contribution in [0.4, 0.5) is 0 Å². The van der Waals surface area contributed by atoms with Crippen LogP contribution in [0, 0.1) is 5.92 Å². The summed E-state index contributed by atoms with van der Waals surface area (Å²) in [5.41, 5.74) is 3.48. The van der Waals surface area contributed by atoms with Gasteiger partial charge >= 0.3 is 0 Å². The van der Waals surface area contributed by atoms with Crippen LogP contribution in [0.5, 0.6) is 11.5 Å². The minimum absolute atomic E-state index is 0.0278. The minimum atomic E-state index is -0.188. The molecule has 1 heterocycles. The molecule has 180 valence electrons. The third-order valence-electron chi connectivity index (χ3n) is 7.05. The van der Waals surface area contributed by atoms with Gasteiger partial charge in [0.2, 0.25) is 0 Å². The van der Waals surface area contributed by atoms with Crippen LogP contribution in [0.25, 0.3) is 0 Å². The van der Waals surface area contributed by atoms with Crippen molar-refractivity contribution in [1.82, 2.24) is 5.32 Å². The molecule has 1 N–H and O–H groups in total. The predicted octanol–water partition coefficient (Wildman–Crippen LogP) is 6.46. The van der Waals surface area contributed by atoms with Crippen molar-refractivity contribution in [2.45, 2.75) is 57.9 Å². The summed E-state index contributed by atoms with van der Waals surface area (Å²) in [6, 6.07) is 17.9. The second kappa shape index (κ2) is 9.96. The topological polar surface area (TPSA) is 60.7 Å². The molecule has 1 atom stereocenters. The molecule has 34 heavy (non-hydrogen) atoms. The molecule has 5 heteroatoms. The highest BCUT2D eigenvalue weighted by atomic mass is 16.5. The molecule has 5 nitrogen and oxygen atoms in total. The largest absolute Gasteiger partial charge is 0.497 e. The predicted molar refractivity (Wildman–Crippen MR) is 134 cm³/mol. The zero-order chi connectivity index (χ0) is 24.3. The summed E-state index contributed by atoms with van der Waals surface area (Å²) in [6.07, 6.45) is 3.84. The maximum atomic E-state index is 13.0. The molecule has 0 aliphatic heterocycles. The number of nitrogens with one attached hydrogen (secondary N) is 1. The first kappa shape index (κ1) is 23.9. The Hall–Kier alpha value is -3.21. The highest BCUT2D eigenvalue weighted by Crippen LogP contribution is 2.41. The summed E-state index contributed by atoms with van der Waals surface area (Å²) in [6.45, 7) is 6.68. The third-order valence-corrected chi connectivity index (χ3v) is 7.05. The average molecular weight is 462 g/mol. The van der Waals surface area contributed by atoms with Gasteiger partial charge in [0, 0.05) is 12.0 Å². The molecule has 1 aliphatic rings. The third kappa shape index (κ3) is 5.30. The van der Waals surface area contributed by atoms with Crippen LogP contribution in [-0.2, 0) is 11.8 Å². The second-order valence-electron chi connectivity index (χ2n) is 9.77. The first-order valence-electron chi connectivity index (χ1n) is 12.1. The van der Waals surface area contributed by atoms with E-state index in [4.69, 9.17) is 13.9 Å². The second-order valence-corrected chi connectivity index (χ2v) is 9.77. The zero-order valence-electron chi connectivity index (χ0n) is 20.8. The van der Waals surface area contributed by atoms with Crippen LogP contribution in [0.15, 0.2) is 59.0 Å². The summed E-state index contributed by atoms with van der Waals surface area (Å²) in [4.78, 5) is 13.0. The summed E-state index contributed by atoms with van der Waals surface area (Å²) in [5, 5.41) is 3.19. The fourth-order valence-electron chi connectivity index (χ4n) is 4.25. The Morgan fingerprint density at radius 2 is 1.79 bits per heavy atom. The Bertz CT molecular complexity index is 1130. The first-order valence-corrected chi connectivity index (χ1v) is 12.1. The standard InChI is InChI=1S/C29H35NO4/c1-6-29(2,3)22-11-15-25(33-5)21(17-22)18-24-14-16-26(34-24)28(31)30-27(19-7-8-19)20-9-12-23(32-4)13-10-20/h9-17,19,27H,6-8,18H2,1-5H3,(H,30,31). The van der Waals surface area contributed by atoms with Gasteiger partial charge in [0.15, 0.2) is 5.76 Å². The van der Waals surface area contributed by atoms with E-state index in [0.29, 0.717) is 18.1 Å².